The third-order valence-electron chi connectivity index (χ3n) is 3.34. The van der Waals surface area contributed by atoms with Crippen molar-refractivity contribution in [3.8, 4) is 0 Å². The number of thiophene rings is 1. The number of rotatable bonds is 4. The number of halogens is 3. The standard InChI is InChI=1S/C15H16F3NS/c1-10-13(7-8-20-10)14(19-2)9-11-3-5-12(6-4-11)15(16,17)18/h3-8,14,19H,9H2,1-2H3. The second-order valence-corrected chi connectivity index (χ2v) is 5.79. The topological polar surface area (TPSA) is 12.0 Å². The fourth-order valence-corrected chi connectivity index (χ4v) is 2.95. The second-order valence-electron chi connectivity index (χ2n) is 4.67. The predicted octanol–water partition coefficient (Wildman–Crippen LogP) is 4.58. The Labute approximate surface area is 120 Å². The highest BCUT2D eigenvalue weighted by Crippen LogP contribution is 2.30. The van der Waals surface area contributed by atoms with E-state index in [0.29, 0.717) is 6.42 Å². The smallest absolute Gasteiger partial charge is 0.313 e. The van der Waals surface area contributed by atoms with Crippen LogP contribution in [-0.2, 0) is 12.6 Å². The lowest BCUT2D eigenvalue weighted by Gasteiger charge is -2.17. The van der Waals surface area contributed by atoms with Gasteiger partial charge in [0.25, 0.3) is 0 Å². The van der Waals surface area contributed by atoms with Crippen molar-refractivity contribution in [1.29, 1.82) is 0 Å². The number of alkyl halides is 3. The summed E-state index contributed by atoms with van der Waals surface area (Å²) in [6.45, 7) is 2.05. The molecular weight excluding hydrogens is 283 g/mol. The second kappa shape index (κ2) is 5.97. The molecular formula is C15H16F3NS. The molecule has 1 unspecified atom stereocenters. The van der Waals surface area contributed by atoms with Crippen molar-refractivity contribution in [3.63, 3.8) is 0 Å². The SMILES string of the molecule is CNC(Cc1ccc(C(F)(F)F)cc1)c1ccsc1C. The Kier molecular flexibility index (Phi) is 4.50. The van der Waals surface area contributed by atoms with Crippen molar-refractivity contribution in [2.45, 2.75) is 25.6 Å². The first-order valence-corrected chi connectivity index (χ1v) is 7.17. The summed E-state index contributed by atoms with van der Waals surface area (Å²) in [7, 11) is 1.87. The van der Waals surface area contributed by atoms with E-state index in [1.165, 1.54) is 10.4 Å². The highest BCUT2D eigenvalue weighted by molar-refractivity contribution is 7.10. The number of aryl methyl sites for hydroxylation is 1. The van der Waals surface area contributed by atoms with Gasteiger partial charge in [0.2, 0.25) is 0 Å². The molecule has 0 saturated heterocycles. The van der Waals surface area contributed by atoms with E-state index in [1.54, 1.807) is 23.5 Å². The highest BCUT2D eigenvalue weighted by Gasteiger charge is 2.30. The van der Waals surface area contributed by atoms with Crippen LogP contribution in [0.5, 0.6) is 0 Å². The minimum Gasteiger partial charge on any atom is -0.313 e. The fourth-order valence-electron chi connectivity index (χ4n) is 2.19. The van der Waals surface area contributed by atoms with Crippen LogP contribution in [0.2, 0.25) is 0 Å². The van der Waals surface area contributed by atoms with Gasteiger partial charge in [-0.25, -0.2) is 0 Å². The van der Waals surface area contributed by atoms with E-state index in [-0.39, 0.29) is 6.04 Å². The molecule has 1 nitrogen and oxygen atoms in total. The van der Waals surface area contributed by atoms with Gasteiger partial charge >= 0.3 is 6.18 Å². The summed E-state index contributed by atoms with van der Waals surface area (Å²) in [5.41, 5.74) is 1.49. The lowest BCUT2D eigenvalue weighted by molar-refractivity contribution is -0.137. The molecule has 1 atom stereocenters. The summed E-state index contributed by atoms with van der Waals surface area (Å²) in [4.78, 5) is 1.23. The summed E-state index contributed by atoms with van der Waals surface area (Å²) in [5.74, 6) is 0. The zero-order valence-electron chi connectivity index (χ0n) is 11.3. The molecule has 20 heavy (non-hydrogen) atoms. The quantitative estimate of drug-likeness (QED) is 0.871. The summed E-state index contributed by atoms with van der Waals surface area (Å²) >= 11 is 1.68. The normalized spacial score (nSPS) is 13.4. The van der Waals surface area contributed by atoms with Gasteiger partial charge < -0.3 is 5.32 Å². The van der Waals surface area contributed by atoms with Crippen LogP contribution in [0.15, 0.2) is 35.7 Å². The molecule has 0 aliphatic carbocycles. The molecule has 0 spiro atoms. The molecule has 1 heterocycles. The minimum absolute atomic E-state index is 0.123. The van der Waals surface area contributed by atoms with E-state index < -0.39 is 11.7 Å². The fraction of sp³-hybridized carbons (Fsp3) is 0.333. The molecule has 0 radical (unpaired) electrons. The van der Waals surface area contributed by atoms with Gasteiger partial charge in [0.05, 0.1) is 5.56 Å². The third-order valence-corrected chi connectivity index (χ3v) is 4.21. The molecule has 1 aromatic heterocycles. The summed E-state index contributed by atoms with van der Waals surface area (Å²) in [6.07, 6.45) is -3.60. The molecule has 1 N–H and O–H groups in total. The number of hydrogen-bond donors (Lipinski definition) is 1. The maximum atomic E-state index is 12.5. The minimum atomic E-state index is -4.27. The molecule has 5 heteroatoms. The predicted molar refractivity (Wildman–Crippen MR) is 76.0 cm³/mol. The molecule has 0 fully saturated rings. The Bertz CT molecular complexity index is 557. The zero-order chi connectivity index (χ0) is 14.8. The first kappa shape index (κ1) is 15.1. The number of benzene rings is 1. The Hall–Kier alpha value is -1.33. The summed E-state index contributed by atoms with van der Waals surface area (Å²) in [5, 5.41) is 5.25. The zero-order valence-corrected chi connectivity index (χ0v) is 12.1. The largest absolute Gasteiger partial charge is 0.416 e. The molecule has 2 rings (SSSR count). The maximum Gasteiger partial charge on any atom is 0.416 e. The number of hydrogen-bond acceptors (Lipinski definition) is 2. The van der Waals surface area contributed by atoms with E-state index in [9.17, 15) is 13.2 Å². The summed E-state index contributed by atoms with van der Waals surface area (Å²) < 4.78 is 37.5. The molecule has 1 aromatic carbocycles. The average molecular weight is 299 g/mol. The van der Waals surface area contributed by atoms with E-state index in [0.717, 1.165) is 17.7 Å². The van der Waals surface area contributed by atoms with E-state index in [4.69, 9.17) is 0 Å². The van der Waals surface area contributed by atoms with Crippen molar-refractivity contribution in [3.05, 3.63) is 57.3 Å². The van der Waals surface area contributed by atoms with Crippen molar-refractivity contribution in [1.82, 2.24) is 5.32 Å². The first-order valence-electron chi connectivity index (χ1n) is 6.29. The van der Waals surface area contributed by atoms with Gasteiger partial charge in [-0.05, 0) is 55.1 Å². The van der Waals surface area contributed by atoms with E-state index >= 15 is 0 Å². The van der Waals surface area contributed by atoms with Crippen molar-refractivity contribution < 1.29 is 13.2 Å². The van der Waals surface area contributed by atoms with Gasteiger partial charge in [0.15, 0.2) is 0 Å². The molecule has 0 aliphatic rings. The lowest BCUT2D eigenvalue weighted by Crippen LogP contribution is -2.19. The van der Waals surface area contributed by atoms with E-state index in [2.05, 4.69) is 18.3 Å². The van der Waals surface area contributed by atoms with Gasteiger partial charge in [-0.2, -0.15) is 13.2 Å². The lowest BCUT2D eigenvalue weighted by atomic mass is 9.99. The number of likely N-dealkylation sites (N-methyl/N-ethyl adjacent to an activating group) is 1. The third kappa shape index (κ3) is 3.41. The van der Waals surface area contributed by atoms with Gasteiger partial charge in [-0.3, -0.25) is 0 Å². The van der Waals surface area contributed by atoms with Crippen LogP contribution in [-0.4, -0.2) is 7.05 Å². The van der Waals surface area contributed by atoms with Crippen LogP contribution in [0.1, 0.15) is 27.6 Å². The maximum absolute atomic E-state index is 12.5. The van der Waals surface area contributed by atoms with Crippen molar-refractivity contribution in [2.24, 2.45) is 0 Å². The van der Waals surface area contributed by atoms with Crippen LogP contribution in [0.3, 0.4) is 0 Å². The van der Waals surface area contributed by atoms with Crippen molar-refractivity contribution in [2.75, 3.05) is 7.05 Å². The van der Waals surface area contributed by atoms with Gasteiger partial charge in [-0.15, -0.1) is 11.3 Å². The Balaban J connectivity index is 2.15. The van der Waals surface area contributed by atoms with Crippen molar-refractivity contribution >= 4 is 11.3 Å². The monoisotopic (exact) mass is 299 g/mol. The average Bonchev–Trinajstić information content (AvgIpc) is 2.82. The van der Waals surface area contributed by atoms with Crippen LogP contribution in [0.4, 0.5) is 13.2 Å². The Morgan fingerprint density at radius 3 is 2.25 bits per heavy atom. The summed E-state index contributed by atoms with van der Waals surface area (Å²) in [6, 6.07) is 7.57. The molecule has 0 bridgehead atoms. The molecule has 0 saturated carbocycles. The van der Waals surface area contributed by atoms with Crippen LogP contribution in [0, 0.1) is 6.92 Å². The van der Waals surface area contributed by atoms with E-state index in [1.807, 2.05) is 12.4 Å². The van der Waals surface area contributed by atoms with Gasteiger partial charge in [0.1, 0.15) is 0 Å². The van der Waals surface area contributed by atoms with Gasteiger partial charge in [0, 0.05) is 10.9 Å². The van der Waals surface area contributed by atoms with Gasteiger partial charge in [-0.1, -0.05) is 12.1 Å². The number of nitrogens with one attached hydrogen (secondary N) is 1. The van der Waals surface area contributed by atoms with Crippen LogP contribution in [0.25, 0.3) is 0 Å². The highest BCUT2D eigenvalue weighted by atomic mass is 32.1. The van der Waals surface area contributed by atoms with Crippen LogP contribution >= 0.6 is 11.3 Å². The van der Waals surface area contributed by atoms with Crippen LogP contribution < -0.4 is 5.32 Å². The molecule has 0 aliphatic heterocycles. The molecule has 2 aromatic rings. The Morgan fingerprint density at radius 2 is 1.80 bits per heavy atom. The Morgan fingerprint density at radius 1 is 1.15 bits per heavy atom. The molecule has 0 amide bonds. The molecule has 108 valence electrons. The first-order chi connectivity index (χ1) is 9.41.